The fourth-order valence-electron chi connectivity index (χ4n) is 3.41. The number of piperazine rings is 1. The molecule has 1 heterocycles. The molecule has 2 aromatic carbocycles. The number of anilines is 1. The number of carbonyl (C=O) groups excluding carboxylic acids is 2. The average Bonchev–Trinajstić information content (AvgIpc) is 2.84. The summed E-state index contributed by atoms with van der Waals surface area (Å²) < 4.78 is 9.62. The lowest BCUT2D eigenvalue weighted by molar-refractivity contribution is 0.0587. The molecule has 1 fully saturated rings. The first-order chi connectivity index (χ1) is 15.5. The fourth-order valence-corrected chi connectivity index (χ4v) is 3.70. The van der Waals surface area contributed by atoms with Crippen LogP contribution in [0.4, 0.5) is 5.69 Å². The molecule has 1 aliphatic heterocycles. The van der Waals surface area contributed by atoms with E-state index in [4.69, 9.17) is 21.7 Å². The zero-order valence-corrected chi connectivity index (χ0v) is 19.1. The Hall–Kier alpha value is -3.23. The SMILES string of the molecule is COC(=O)c1ccc(C(=O)OC)c(NC(=S)N2CCN(C/C=C\c3ccccc3)CC2)c1. The summed E-state index contributed by atoms with van der Waals surface area (Å²) in [6.45, 7) is 4.13. The van der Waals surface area contributed by atoms with Gasteiger partial charge >= 0.3 is 11.9 Å². The van der Waals surface area contributed by atoms with Gasteiger partial charge in [-0.15, -0.1) is 0 Å². The van der Waals surface area contributed by atoms with E-state index in [0.717, 1.165) is 32.7 Å². The minimum absolute atomic E-state index is 0.298. The van der Waals surface area contributed by atoms with Gasteiger partial charge in [-0.1, -0.05) is 42.5 Å². The second kappa shape index (κ2) is 11.4. The Morgan fingerprint density at radius 2 is 1.69 bits per heavy atom. The highest BCUT2D eigenvalue weighted by Crippen LogP contribution is 2.21. The molecule has 1 aliphatic rings. The van der Waals surface area contributed by atoms with Gasteiger partial charge in [0.15, 0.2) is 5.11 Å². The summed E-state index contributed by atoms with van der Waals surface area (Å²) in [6.07, 6.45) is 4.30. The van der Waals surface area contributed by atoms with E-state index in [2.05, 4.69) is 39.4 Å². The lowest BCUT2D eigenvalue weighted by Crippen LogP contribution is -2.49. The molecule has 0 unspecified atom stereocenters. The number of hydrogen-bond donors (Lipinski definition) is 1. The molecule has 168 valence electrons. The predicted octanol–water partition coefficient (Wildman–Crippen LogP) is 3.29. The normalized spacial score (nSPS) is 14.2. The van der Waals surface area contributed by atoms with Crippen LogP contribution in [0.15, 0.2) is 54.6 Å². The highest BCUT2D eigenvalue weighted by atomic mass is 32.1. The lowest BCUT2D eigenvalue weighted by Gasteiger charge is -2.35. The maximum atomic E-state index is 12.1. The third kappa shape index (κ3) is 6.15. The van der Waals surface area contributed by atoms with Crippen LogP contribution in [0.5, 0.6) is 0 Å². The van der Waals surface area contributed by atoms with Crippen LogP contribution in [0.1, 0.15) is 26.3 Å². The highest BCUT2D eigenvalue weighted by Gasteiger charge is 2.21. The van der Waals surface area contributed by atoms with E-state index in [1.54, 1.807) is 6.07 Å². The maximum absolute atomic E-state index is 12.1. The molecule has 7 nitrogen and oxygen atoms in total. The van der Waals surface area contributed by atoms with Crippen molar-refractivity contribution in [2.45, 2.75) is 0 Å². The summed E-state index contributed by atoms with van der Waals surface area (Å²) in [7, 11) is 2.62. The molecule has 1 N–H and O–H groups in total. The van der Waals surface area contributed by atoms with Crippen molar-refractivity contribution in [2.24, 2.45) is 0 Å². The molecule has 32 heavy (non-hydrogen) atoms. The van der Waals surface area contributed by atoms with Crippen molar-refractivity contribution in [2.75, 3.05) is 52.3 Å². The Balaban J connectivity index is 1.59. The van der Waals surface area contributed by atoms with Crippen LogP contribution >= 0.6 is 12.2 Å². The molecule has 8 heteroatoms. The number of hydrogen-bond acceptors (Lipinski definition) is 6. The minimum atomic E-state index is -0.512. The van der Waals surface area contributed by atoms with Gasteiger partial charge < -0.3 is 19.7 Å². The number of methoxy groups -OCH3 is 2. The average molecular weight is 454 g/mol. The monoisotopic (exact) mass is 453 g/mol. The number of rotatable bonds is 6. The molecule has 3 rings (SSSR count). The Morgan fingerprint density at radius 3 is 2.34 bits per heavy atom. The molecular weight excluding hydrogens is 426 g/mol. The molecule has 0 bridgehead atoms. The fraction of sp³-hybridized carbons (Fsp3) is 0.292. The summed E-state index contributed by atoms with van der Waals surface area (Å²) in [5, 5.41) is 3.61. The largest absolute Gasteiger partial charge is 0.465 e. The van der Waals surface area contributed by atoms with E-state index >= 15 is 0 Å². The summed E-state index contributed by atoms with van der Waals surface area (Å²) >= 11 is 5.58. The number of ether oxygens (including phenoxy) is 2. The molecule has 0 radical (unpaired) electrons. The van der Waals surface area contributed by atoms with Crippen LogP contribution in [-0.2, 0) is 9.47 Å². The van der Waals surface area contributed by atoms with Crippen molar-refractivity contribution in [3.05, 3.63) is 71.3 Å². The van der Waals surface area contributed by atoms with Crippen LogP contribution in [0.2, 0.25) is 0 Å². The number of benzene rings is 2. The number of nitrogens with one attached hydrogen (secondary N) is 1. The van der Waals surface area contributed by atoms with E-state index in [1.807, 2.05) is 18.2 Å². The smallest absolute Gasteiger partial charge is 0.339 e. The molecule has 0 aromatic heterocycles. The van der Waals surface area contributed by atoms with Gasteiger partial charge in [-0.05, 0) is 36.0 Å². The molecule has 0 saturated carbocycles. The van der Waals surface area contributed by atoms with Crippen molar-refractivity contribution in [3.8, 4) is 0 Å². The van der Waals surface area contributed by atoms with E-state index in [0.29, 0.717) is 21.9 Å². The Kier molecular flexibility index (Phi) is 8.35. The zero-order valence-electron chi connectivity index (χ0n) is 18.2. The van der Waals surface area contributed by atoms with Crippen LogP contribution in [-0.4, -0.2) is 73.8 Å². The number of nitrogens with zero attached hydrogens (tertiary/aromatic N) is 2. The van der Waals surface area contributed by atoms with Gasteiger partial charge in [0, 0.05) is 32.7 Å². The predicted molar refractivity (Wildman–Crippen MR) is 129 cm³/mol. The first-order valence-electron chi connectivity index (χ1n) is 10.3. The number of esters is 2. The summed E-state index contributed by atoms with van der Waals surface area (Å²) in [4.78, 5) is 28.4. The van der Waals surface area contributed by atoms with Gasteiger partial charge in [0.2, 0.25) is 0 Å². The van der Waals surface area contributed by atoms with Gasteiger partial charge in [0.1, 0.15) is 0 Å². The second-order valence-electron chi connectivity index (χ2n) is 7.27. The quantitative estimate of drug-likeness (QED) is 0.528. The number of thiocarbonyl (C=S) groups is 1. The summed E-state index contributed by atoms with van der Waals surface area (Å²) in [6, 6.07) is 14.8. The van der Waals surface area contributed by atoms with Crippen molar-refractivity contribution >= 4 is 41.0 Å². The van der Waals surface area contributed by atoms with E-state index < -0.39 is 11.9 Å². The number of carbonyl (C=O) groups is 2. The van der Waals surface area contributed by atoms with Crippen LogP contribution in [0, 0.1) is 0 Å². The zero-order chi connectivity index (χ0) is 22.9. The van der Waals surface area contributed by atoms with Crippen LogP contribution in [0.3, 0.4) is 0 Å². The van der Waals surface area contributed by atoms with Crippen LogP contribution in [0.25, 0.3) is 6.08 Å². The maximum Gasteiger partial charge on any atom is 0.339 e. The van der Waals surface area contributed by atoms with Crippen molar-refractivity contribution in [3.63, 3.8) is 0 Å². The summed E-state index contributed by atoms with van der Waals surface area (Å²) in [5.41, 5.74) is 2.22. The highest BCUT2D eigenvalue weighted by molar-refractivity contribution is 7.80. The van der Waals surface area contributed by atoms with Crippen molar-refractivity contribution in [1.29, 1.82) is 0 Å². The molecule has 0 atom stereocenters. The Labute approximate surface area is 193 Å². The van der Waals surface area contributed by atoms with Gasteiger partial charge in [-0.25, -0.2) is 9.59 Å². The molecule has 0 aliphatic carbocycles. The molecular formula is C24H27N3O4S. The van der Waals surface area contributed by atoms with Gasteiger partial charge in [0.05, 0.1) is 31.0 Å². The van der Waals surface area contributed by atoms with Crippen molar-refractivity contribution < 1.29 is 19.1 Å². The Bertz CT molecular complexity index is 986. The van der Waals surface area contributed by atoms with Crippen LogP contribution < -0.4 is 5.32 Å². The second-order valence-corrected chi connectivity index (χ2v) is 7.66. The third-order valence-corrected chi connectivity index (χ3v) is 5.58. The molecule has 0 spiro atoms. The lowest BCUT2D eigenvalue weighted by atomic mass is 10.1. The standard InChI is InChI=1S/C24H27N3O4S/c1-30-22(28)19-10-11-20(23(29)31-2)21(17-19)25-24(32)27-15-13-26(14-16-27)12-6-9-18-7-4-3-5-8-18/h3-11,17H,12-16H2,1-2H3,(H,25,32)/b9-6-. The molecule has 0 amide bonds. The first kappa shape index (κ1) is 23.4. The molecule has 2 aromatic rings. The Morgan fingerprint density at radius 1 is 1.00 bits per heavy atom. The summed E-state index contributed by atoms with van der Waals surface area (Å²) in [5.74, 6) is -1.01. The van der Waals surface area contributed by atoms with E-state index in [9.17, 15) is 9.59 Å². The van der Waals surface area contributed by atoms with Gasteiger partial charge in [-0.3, -0.25) is 4.90 Å². The van der Waals surface area contributed by atoms with E-state index in [1.165, 1.54) is 31.9 Å². The van der Waals surface area contributed by atoms with Gasteiger partial charge in [0.25, 0.3) is 0 Å². The van der Waals surface area contributed by atoms with E-state index in [-0.39, 0.29) is 0 Å². The topological polar surface area (TPSA) is 71.1 Å². The minimum Gasteiger partial charge on any atom is -0.465 e. The van der Waals surface area contributed by atoms with Crippen molar-refractivity contribution in [1.82, 2.24) is 9.80 Å². The van der Waals surface area contributed by atoms with Gasteiger partial charge in [-0.2, -0.15) is 0 Å². The molecule has 1 saturated heterocycles. The third-order valence-electron chi connectivity index (χ3n) is 5.22. The first-order valence-corrected chi connectivity index (χ1v) is 10.7.